The van der Waals surface area contributed by atoms with E-state index in [0.29, 0.717) is 11.1 Å². The maximum absolute atomic E-state index is 13.9. The van der Waals surface area contributed by atoms with Gasteiger partial charge in [0, 0.05) is 0 Å². The molecule has 1 N–H and O–H groups in total. The summed E-state index contributed by atoms with van der Waals surface area (Å²) >= 11 is 0. The van der Waals surface area contributed by atoms with Gasteiger partial charge in [-0.3, -0.25) is 9.59 Å². The van der Waals surface area contributed by atoms with Crippen LogP contribution in [0.15, 0.2) is 59.9 Å². The maximum Gasteiger partial charge on any atom is 0.310 e. The molecule has 0 heterocycles. The molecule has 2 aromatic rings. The molecule has 0 amide bonds. The van der Waals surface area contributed by atoms with E-state index in [1.165, 1.54) is 56.7 Å². The Balaban J connectivity index is 2.32. The minimum Gasteiger partial charge on any atom is -0.508 e. The Morgan fingerprint density at radius 1 is 0.909 bits per heavy atom. The van der Waals surface area contributed by atoms with E-state index < -0.39 is 35.6 Å². The molecule has 2 rings (SSSR count). The number of rotatable bonds is 10. The molecule has 0 spiro atoms. The summed E-state index contributed by atoms with van der Waals surface area (Å²) in [5.41, 5.74) is 0.539. The van der Waals surface area contributed by atoms with Gasteiger partial charge in [-0.2, -0.15) is 0 Å². The van der Waals surface area contributed by atoms with Crippen molar-refractivity contribution in [2.24, 2.45) is 0 Å². The smallest absolute Gasteiger partial charge is 0.310 e. The summed E-state index contributed by atoms with van der Waals surface area (Å²) in [7, 11) is 2.67. The molecule has 33 heavy (non-hydrogen) atoms. The van der Waals surface area contributed by atoms with Crippen LogP contribution in [0.4, 0.5) is 8.78 Å². The third-order valence-corrected chi connectivity index (χ3v) is 4.45. The maximum atomic E-state index is 13.9. The molecule has 0 aliphatic carbocycles. The summed E-state index contributed by atoms with van der Waals surface area (Å²) in [5.74, 6) is -2.96. The highest BCUT2D eigenvalue weighted by Crippen LogP contribution is 2.21. The topological polar surface area (TPSA) is 82.1 Å². The quantitative estimate of drug-likeness (QED) is 0.232. The van der Waals surface area contributed by atoms with Gasteiger partial charge in [-0.05, 0) is 54.5 Å². The summed E-state index contributed by atoms with van der Waals surface area (Å²) in [6.07, 6.45) is 4.51. The molecule has 0 radical (unpaired) electrons. The second kappa shape index (κ2) is 12.2. The third kappa shape index (κ3) is 7.31. The summed E-state index contributed by atoms with van der Waals surface area (Å²) in [6, 6.07) is 8.28. The number of hydrogen-bond donors (Lipinski definition) is 1. The minimum absolute atomic E-state index is 0.0547. The van der Waals surface area contributed by atoms with Gasteiger partial charge in [-0.25, -0.2) is 8.78 Å². The van der Waals surface area contributed by atoms with Crippen LogP contribution in [0.1, 0.15) is 24.5 Å². The number of carbonyl (C=O) groups excluding carboxylic acids is 2. The number of allylic oxidation sites excluding steroid dienone is 2. The molecule has 0 bridgehead atoms. The van der Waals surface area contributed by atoms with Crippen LogP contribution in [0, 0.1) is 11.6 Å². The highest BCUT2D eigenvalue weighted by molar-refractivity contribution is 6.09. The first-order valence-corrected chi connectivity index (χ1v) is 9.94. The highest BCUT2D eigenvalue weighted by Gasteiger charge is 2.17. The first kappa shape index (κ1) is 25.3. The van der Waals surface area contributed by atoms with Crippen molar-refractivity contribution in [1.29, 1.82) is 0 Å². The number of benzene rings is 2. The fraction of sp³-hybridized carbons (Fsp3) is 0.200. The second-order valence-electron chi connectivity index (χ2n) is 6.66. The Morgan fingerprint density at radius 3 is 1.88 bits per heavy atom. The molecule has 0 fully saturated rings. The van der Waals surface area contributed by atoms with E-state index in [9.17, 15) is 23.5 Å². The van der Waals surface area contributed by atoms with Crippen LogP contribution in [0.2, 0.25) is 0 Å². The van der Waals surface area contributed by atoms with Gasteiger partial charge >= 0.3 is 5.97 Å². The van der Waals surface area contributed by atoms with E-state index in [2.05, 4.69) is 0 Å². The second-order valence-corrected chi connectivity index (χ2v) is 6.66. The van der Waals surface area contributed by atoms with E-state index in [0.717, 1.165) is 6.08 Å². The largest absolute Gasteiger partial charge is 0.508 e. The van der Waals surface area contributed by atoms with E-state index in [1.807, 2.05) is 0 Å². The van der Waals surface area contributed by atoms with Gasteiger partial charge in [0.15, 0.2) is 28.9 Å². The van der Waals surface area contributed by atoms with Crippen LogP contribution >= 0.6 is 0 Å². The van der Waals surface area contributed by atoms with Gasteiger partial charge in [0.25, 0.3) is 0 Å². The molecule has 0 aromatic heterocycles. The molecule has 0 aliphatic heterocycles. The third-order valence-electron chi connectivity index (χ3n) is 4.45. The first-order valence-electron chi connectivity index (χ1n) is 9.94. The zero-order chi connectivity index (χ0) is 24.4. The number of esters is 1. The molecule has 6 nitrogen and oxygen atoms in total. The van der Waals surface area contributed by atoms with Crippen molar-refractivity contribution < 1.29 is 37.7 Å². The standard InChI is InChI=1S/C25H24F2O6/c1-4-33-25(30)15-18(21(28)9-5-16-7-11-23(31-2)19(26)13-16)22(29)10-6-17-8-12-24(32-3)20(27)14-17/h5-14,28H,4,15H2,1-3H3/b9-5?,10-6+,21-18?. The Hall–Kier alpha value is -3.94. The van der Waals surface area contributed by atoms with E-state index >= 15 is 0 Å². The van der Waals surface area contributed by atoms with E-state index in [4.69, 9.17) is 14.2 Å². The van der Waals surface area contributed by atoms with Gasteiger partial charge < -0.3 is 19.3 Å². The van der Waals surface area contributed by atoms with Crippen LogP contribution in [0.3, 0.4) is 0 Å². The van der Waals surface area contributed by atoms with Gasteiger partial charge in [-0.15, -0.1) is 0 Å². The Bertz CT molecular complexity index is 1100. The Kier molecular flexibility index (Phi) is 9.35. The fourth-order valence-electron chi connectivity index (χ4n) is 2.78. The zero-order valence-corrected chi connectivity index (χ0v) is 18.4. The van der Waals surface area contributed by atoms with Crippen molar-refractivity contribution in [3.8, 4) is 11.5 Å². The molecule has 0 saturated carbocycles. The number of aliphatic hydroxyl groups is 1. The van der Waals surface area contributed by atoms with Crippen LogP contribution in [-0.4, -0.2) is 37.7 Å². The number of methoxy groups -OCH3 is 2. The van der Waals surface area contributed by atoms with Crippen LogP contribution in [0.25, 0.3) is 12.2 Å². The lowest BCUT2D eigenvalue weighted by Gasteiger charge is -2.07. The number of carbonyl (C=O) groups is 2. The summed E-state index contributed by atoms with van der Waals surface area (Å²) in [5, 5.41) is 10.5. The van der Waals surface area contributed by atoms with Crippen LogP contribution < -0.4 is 9.47 Å². The molecule has 0 saturated heterocycles. The molecule has 174 valence electrons. The number of halogens is 2. The molecular formula is C25H24F2O6. The Morgan fingerprint density at radius 2 is 1.42 bits per heavy atom. The van der Waals surface area contributed by atoms with E-state index in [1.54, 1.807) is 19.1 Å². The summed E-state index contributed by atoms with van der Waals surface area (Å²) < 4.78 is 42.3. The fourth-order valence-corrected chi connectivity index (χ4v) is 2.78. The lowest BCUT2D eigenvalue weighted by Crippen LogP contribution is -2.11. The van der Waals surface area contributed by atoms with Crippen molar-refractivity contribution in [2.75, 3.05) is 20.8 Å². The first-order chi connectivity index (χ1) is 15.8. The van der Waals surface area contributed by atoms with Gasteiger partial charge in [0.1, 0.15) is 5.76 Å². The molecule has 0 aliphatic rings. The molecule has 8 heteroatoms. The van der Waals surface area contributed by atoms with Crippen molar-refractivity contribution in [3.63, 3.8) is 0 Å². The number of ether oxygens (including phenoxy) is 3. The van der Waals surface area contributed by atoms with Gasteiger partial charge in [-0.1, -0.05) is 24.3 Å². The number of hydrogen-bond acceptors (Lipinski definition) is 6. The minimum atomic E-state index is -0.708. The predicted octanol–water partition coefficient (Wildman–Crippen LogP) is 5.04. The van der Waals surface area contributed by atoms with E-state index in [-0.39, 0.29) is 23.7 Å². The predicted molar refractivity (Wildman–Crippen MR) is 120 cm³/mol. The monoisotopic (exact) mass is 458 g/mol. The van der Waals surface area contributed by atoms with Gasteiger partial charge in [0.2, 0.25) is 0 Å². The van der Waals surface area contributed by atoms with Crippen molar-refractivity contribution in [3.05, 3.63) is 82.6 Å². The SMILES string of the molecule is CCOC(=O)CC(C(=O)/C=C/c1ccc(OC)c(F)c1)=C(O)C=Cc1ccc(OC)c(F)c1. The average molecular weight is 458 g/mol. The van der Waals surface area contributed by atoms with Gasteiger partial charge in [0.05, 0.1) is 32.8 Å². The normalized spacial score (nSPS) is 12.0. The molecule has 2 aromatic carbocycles. The zero-order valence-electron chi connectivity index (χ0n) is 18.4. The highest BCUT2D eigenvalue weighted by atomic mass is 19.1. The lowest BCUT2D eigenvalue weighted by atomic mass is 10.0. The molecule has 0 unspecified atom stereocenters. The van der Waals surface area contributed by atoms with Crippen molar-refractivity contribution in [2.45, 2.75) is 13.3 Å². The molecule has 0 atom stereocenters. The lowest BCUT2D eigenvalue weighted by molar-refractivity contribution is -0.142. The molecular weight excluding hydrogens is 434 g/mol. The number of ketones is 1. The van der Waals surface area contributed by atoms with Crippen molar-refractivity contribution >= 4 is 23.9 Å². The van der Waals surface area contributed by atoms with Crippen LogP contribution in [-0.2, 0) is 14.3 Å². The summed E-state index contributed by atoms with van der Waals surface area (Å²) in [6.45, 7) is 1.71. The average Bonchev–Trinajstić information content (AvgIpc) is 2.79. The number of aliphatic hydroxyl groups excluding tert-OH is 1. The summed E-state index contributed by atoms with van der Waals surface area (Å²) in [4.78, 5) is 24.7. The Labute approximate surface area is 190 Å². The van der Waals surface area contributed by atoms with Crippen molar-refractivity contribution in [1.82, 2.24) is 0 Å². The van der Waals surface area contributed by atoms with Crippen LogP contribution in [0.5, 0.6) is 11.5 Å².